The molecule has 6 nitrogen and oxygen atoms in total. The van der Waals surface area contributed by atoms with Gasteiger partial charge >= 0.3 is 17.9 Å². The average molecular weight is 787 g/mol. The molecule has 0 heterocycles. The number of esters is 3. The molecule has 0 aliphatic heterocycles. The largest absolute Gasteiger partial charge is 0.462 e. The summed E-state index contributed by atoms with van der Waals surface area (Å²) in [4.78, 5) is 37.7. The van der Waals surface area contributed by atoms with Gasteiger partial charge in [0, 0.05) is 19.3 Å². The van der Waals surface area contributed by atoms with Gasteiger partial charge in [0.15, 0.2) is 6.10 Å². The lowest BCUT2D eigenvalue weighted by molar-refractivity contribution is -0.167. The zero-order chi connectivity index (χ0) is 41.5. The molecule has 1 unspecified atom stereocenters. The van der Waals surface area contributed by atoms with Crippen LogP contribution in [0.2, 0.25) is 0 Å². The molecule has 318 valence electrons. The fourth-order valence-electron chi connectivity index (χ4n) is 5.39. The van der Waals surface area contributed by atoms with E-state index in [0.29, 0.717) is 12.8 Å². The van der Waals surface area contributed by atoms with Crippen LogP contribution in [0.1, 0.15) is 162 Å². The van der Waals surface area contributed by atoms with E-state index in [1.54, 1.807) is 0 Å². The molecule has 6 heteroatoms. The summed E-state index contributed by atoms with van der Waals surface area (Å²) in [5.74, 6) is -1.01. The zero-order valence-corrected chi connectivity index (χ0v) is 36.0. The zero-order valence-electron chi connectivity index (χ0n) is 36.0. The number of allylic oxidation sites excluding steroid dienone is 20. The summed E-state index contributed by atoms with van der Waals surface area (Å²) in [6.45, 7) is 6.12. The van der Waals surface area contributed by atoms with Crippen LogP contribution in [-0.4, -0.2) is 37.2 Å². The van der Waals surface area contributed by atoms with Crippen LogP contribution in [0, 0.1) is 0 Å². The number of carbonyl (C=O) groups excluding carboxylic acids is 3. The van der Waals surface area contributed by atoms with Crippen LogP contribution in [-0.2, 0) is 28.6 Å². The molecular weight excluding hydrogens is 709 g/mol. The Bertz CT molecular complexity index is 1270. The van der Waals surface area contributed by atoms with E-state index in [1.807, 2.05) is 48.6 Å². The number of rotatable bonds is 37. The molecule has 0 saturated heterocycles. The Balaban J connectivity index is 4.55. The lowest BCUT2D eigenvalue weighted by atomic mass is 10.1. The van der Waals surface area contributed by atoms with Gasteiger partial charge in [-0.2, -0.15) is 0 Å². The van der Waals surface area contributed by atoms with Crippen LogP contribution in [0.5, 0.6) is 0 Å². The van der Waals surface area contributed by atoms with Crippen molar-refractivity contribution >= 4 is 17.9 Å². The van der Waals surface area contributed by atoms with E-state index < -0.39 is 6.10 Å². The molecule has 0 rings (SSSR count). The molecule has 0 aliphatic carbocycles. The summed E-state index contributed by atoms with van der Waals surface area (Å²) < 4.78 is 16.6. The SMILES string of the molecule is CC/C=C/C=C/C=C/C=C/CCCCCC(=O)OCC(COC(=O)CCCCCCC/C=C/C=C/C=C/CC)OC(=O)CCCCCCC/C=C/C=C/C=C/CC. The van der Waals surface area contributed by atoms with Crippen molar-refractivity contribution in [3.8, 4) is 0 Å². The number of hydrogen-bond donors (Lipinski definition) is 0. The van der Waals surface area contributed by atoms with Gasteiger partial charge < -0.3 is 14.2 Å². The van der Waals surface area contributed by atoms with Gasteiger partial charge in [0.05, 0.1) is 0 Å². The van der Waals surface area contributed by atoms with Gasteiger partial charge in [-0.15, -0.1) is 0 Å². The lowest BCUT2D eigenvalue weighted by Crippen LogP contribution is -2.30. The highest BCUT2D eigenvalue weighted by atomic mass is 16.6. The second-order valence-electron chi connectivity index (χ2n) is 14.0. The Kier molecular flexibility index (Phi) is 41.3. The van der Waals surface area contributed by atoms with Gasteiger partial charge in [0.25, 0.3) is 0 Å². The number of unbranched alkanes of at least 4 members (excludes halogenated alkanes) is 13. The number of hydrogen-bond acceptors (Lipinski definition) is 6. The Morgan fingerprint density at radius 3 is 1.00 bits per heavy atom. The minimum atomic E-state index is -0.815. The van der Waals surface area contributed by atoms with Crippen molar-refractivity contribution < 1.29 is 28.6 Å². The second kappa shape index (κ2) is 44.5. The molecule has 0 spiro atoms. The van der Waals surface area contributed by atoms with Gasteiger partial charge in [0.1, 0.15) is 13.2 Å². The minimum absolute atomic E-state index is 0.115. The van der Waals surface area contributed by atoms with E-state index >= 15 is 0 Å². The number of carbonyl (C=O) groups is 3. The Labute approximate surface area is 348 Å². The molecule has 0 aromatic heterocycles. The molecule has 0 aliphatic rings. The monoisotopic (exact) mass is 787 g/mol. The Hall–Kier alpha value is -4.19. The summed E-state index contributed by atoms with van der Waals surface area (Å²) in [5, 5.41) is 0. The summed E-state index contributed by atoms with van der Waals surface area (Å²) in [5.41, 5.74) is 0. The molecule has 0 fully saturated rings. The predicted molar refractivity (Wildman–Crippen MR) is 242 cm³/mol. The van der Waals surface area contributed by atoms with Crippen molar-refractivity contribution in [2.24, 2.45) is 0 Å². The average Bonchev–Trinajstić information content (AvgIpc) is 3.21. The fourth-order valence-corrected chi connectivity index (χ4v) is 5.39. The van der Waals surface area contributed by atoms with E-state index in [2.05, 4.69) is 93.7 Å². The van der Waals surface area contributed by atoms with Crippen molar-refractivity contribution in [3.05, 3.63) is 122 Å². The topological polar surface area (TPSA) is 78.9 Å². The van der Waals surface area contributed by atoms with Crippen molar-refractivity contribution in [2.45, 2.75) is 168 Å². The van der Waals surface area contributed by atoms with Gasteiger partial charge in [-0.05, 0) is 77.0 Å². The van der Waals surface area contributed by atoms with Crippen LogP contribution >= 0.6 is 0 Å². The Morgan fingerprint density at radius 1 is 0.351 bits per heavy atom. The van der Waals surface area contributed by atoms with Crippen molar-refractivity contribution in [1.82, 2.24) is 0 Å². The summed E-state index contributed by atoms with van der Waals surface area (Å²) in [6.07, 6.45) is 60.4. The van der Waals surface area contributed by atoms with Gasteiger partial charge in [-0.25, -0.2) is 0 Å². The van der Waals surface area contributed by atoms with Crippen LogP contribution in [0.4, 0.5) is 0 Å². The highest BCUT2D eigenvalue weighted by Crippen LogP contribution is 2.12. The summed E-state index contributed by atoms with van der Waals surface area (Å²) >= 11 is 0. The van der Waals surface area contributed by atoms with E-state index in [0.717, 1.165) is 122 Å². The van der Waals surface area contributed by atoms with Gasteiger partial charge in [-0.3, -0.25) is 14.4 Å². The van der Waals surface area contributed by atoms with Crippen molar-refractivity contribution in [1.29, 1.82) is 0 Å². The maximum atomic E-state index is 12.7. The highest BCUT2D eigenvalue weighted by molar-refractivity contribution is 5.71. The second-order valence-corrected chi connectivity index (χ2v) is 14.0. The molecule has 0 N–H and O–H groups in total. The summed E-state index contributed by atoms with van der Waals surface area (Å²) in [7, 11) is 0. The van der Waals surface area contributed by atoms with Crippen LogP contribution in [0.3, 0.4) is 0 Å². The maximum absolute atomic E-state index is 12.7. The molecule has 0 saturated carbocycles. The van der Waals surface area contributed by atoms with E-state index in [9.17, 15) is 14.4 Å². The van der Waals surface area contributed by atoms with Crippen molar-refractivity contribution in [2.75, 3.05) is 13.2 Å². The quantitative estimate of drug-likeness (QED) is 0.0270. The first-order chi connectivity index (χ1) is 28.0. The van der Waals surface area contributed by atoms with Crippen LogP contribution in [0.25, 0.3) is 0 Å². The Morgan fingerprint density at radius 2 is 0.632 bits per heavy atom. The van der Waals surface area contributed by atoms with E-state index in [4.69, 9.17) is 14.2 Å². The molecule has 0 bridgehead atoms. The first-order valence-corrected chi connectivity index (χ1v) is 22.2. The van der Waals surface area contributed by atoms with E-state index in [-0.39, 0.29) is 37.5 Å². The summed E-state index contributed by atoms with van der Waals surface area (Å²) in [6, 6.07) is 0. The van der Waals surface area contributed by atoms with Crippen LogP contribution in [0.15, 0.2) is 122 Å². The predicted octanol–water partition coefficient (Wildman–Crippen LogP) is 14.2. The molecule has 0 radical (unpaired) electrons. The van der Waals surface area contributed by atoms with Gasteiger partial charge in [-0.1, -0.05) is 187 Å². The highest BCUT2D eigenvalue weighted by Gasteiger charge is 2.19. The first-order valence-electron chi connectivity index (χ1n) is 22.2. The number of ether oxygens (including phenoxy) is 3. The molecule has 0 amide bonds. The lowest BCUT2D eigenvalue weighted by Gasteiger charge is -2.18. The van der Waals surface area contributed by atoms with E-state index in [1.165, 1.54) is 0 Å². The third-order valence-electron chi connectivity index (χ3n) is 8.66. The smallest absolute Gasteiger partial charge is 0.306 e. The third-order valence-corrected chi connectivity index (χ3v) is 8.66. The molecule has 57 heavy (non-hydrogen) atoms. The minimum Gasteiger partial charge on any atom is -0.462 e. The standard InChI is InChI=1S/C51H78O6/c1-4-7-10-13-16-19-22-25-28-31-34-37-40-43-49(52)55-46-48(57-51(54)45-42-39-36-33-30-27-24-21-18-15-12-9-6-3)47-56-50(53)44-41-38-35-32-29-26-23-20-17-14-11-8-5-2/h7-25,28,48H,4-6,26-27,29-47H2,1-3H3/b10-7+,11-8+,12-9+,16-13+,17-14+,18-15+,22-19+,23-20+,24-21+,28-25+. The molecule has 0 aromatic rings. The third kappa shape index (κ3) is 42.8. The maximum Gasteiger partial charge on any atom is 0.306 e. The molecular formula is C51H78O6. The van der Waals surface area contributed by atoms with Gasteiger partial charge in [0.2, 0.25) is 0 Å². The van der Waals surface area contributed by atoms with Crippen molar-refractivity contribution in [3.63, 3.8) is 0 Å². The normalized spacial score (nSPS) is 13.2. The van der Waals surface area contributed by atoms with Crippen LogP contribution < -0.4 is 0 Å². The fraction of sp³-hybridized carbons (Fsp3) is 0.549. The first kappa shape index (κ1) is 52.8. The molecule has 1 atom stereocenters. The molecule has 0 aromatic carbocycles.